The topological polar surface area (TPSA) is 83.5 Å². The molecule has 5 atom stereocenters. The van der Waals surface area contributed by atoms with Gasteiger partial charge in [-0.2, -0.15) is 26.3 Å². The summed E-state index contributed by atoms with van der Waals surface area (Å²) >= 11 is 0. The van der Waals surface area contributed by atoms with Crippen LogP contribution in [0.4, 0.5) is 35.1 Å². The summed E-state index contributed by atoms with van der Waals surface area (Å²) < 4.78 is 137. The number of rotatable bonds is 8. The molecule has 0 radical (unpaired) electrons. The molecule has 14 heteroatoms. The van der Waals surface area contributed by atoms with Crippen molar-refractivity contribution in [2.75, 3.05) is 0 Å². The van der Waals surface area contributed by atoms with Crippen LogP contribution in [0.2, 0.25) is 0 Å². The maximum atomic E-state index is 15.0. The van der Waals surface area contributed by atoms with Gasteiger partial charge in [-0.1, -0.05) is 31.5 Å². The van der Waals surface area contributed by atoms with Gasteiger partial charge in [0.25, 0.3) is 5.91 Å². The van der Waals surface area contributed by atoms with Crippen molar-refractivity contribution in [1.29, 1.82) is 0 Å². The number of fused-ring (bicyclic) bond motifs is 3. The summed E-state index contributed by atoms with van der Waals surface area (Å²) in [6, 6.07) is 4.79. The van der Waals surface area contributed by atoms with Crippen molar-refractivity contribution in [3.05, 3.63) is 65.0 Å². The second kappa shape index (κ2) is 11.3. The Morgan fingerprint density at radius 2 is 1.61 bits per heavy atom. The van der Waals surface area contributed by atoms with E-state index in [-0.39, 0.29) is 48.1 Å². The van der Waals surface area contributed by atoms with Gasteiger partial charge in [-0.05, 0) is 93.2 Å². The van der Waals surface area contributed by atoms with E-state index in [1.54, 1.807) is 13.8 Å². The third kappa shape index (κ3) is 5.29. The molecule has 2 aliphatic carbocycles. The number of alkyl halides is 7. The molecule has 0 saturated heterocycles. The average Bonchev–Trinajstić information content (AvgIpc) is 3.33. The summed E-state index contributed by atoms with van der Waals surface area (Å²) in [4.78, 5) is 12.6. The van der Waals surface area contributed by atoms with Crippen LogP contribution in [0.25, 0.3) is 0 Å². The Morgan fingerprint density at radius 3 is 2.16 bits per heavy atom. The minimum Gasteiger partial charge on any atom is -0.380 e. The normalized spacial score (nSPS) is 24.6. The molecule has 44 heavy (non-hydrogen) atoms. The van der Waals surface area contributed by atoms with Crippen molar-refractivity contribution < 1.29 is 53.4 Å². The van der Waals surface area contributed by atoms with E-state index in [4.69, 9.17) is 0 Å². The molecule has 0 bridgehead atoms. The summed E-state index contributed by atoms with van der Waals surface area (Å²) in [6.07, 6.45) is -12.2. The molecule has 2 N–H and O–H groups in total. The highest BCUT2D eigenvalue weighted by Gasteiger charge is 2.74. The Balaban J connectivity index is 1.87. The summed E-state index contributed by atoms with van der Waals surface area (Å²) in [7, 11) is -4.49. The largest absolute Gasteiger partial charge is 0.435 e. The Morgan fingerprint density at radius 1 is 1.02 bits per heavy atom. The van der Waals surface area contributed by atoms with Gasteiger partial charge in [-0.3, -0.25) is 4.79 Å². The number of carbonyl (C=O) groups is 1. The van der Waals surface area contributed by atoms with Gasteiger partial charge in [0.15, 0.2) is 9.84 Å². The first-order valence-corrected chi connectivity index (χ1v) is 15.6. The lowest BCUT2D eigenvalue weighted by Gasteiger charge is -2.44. The Kier molecular flexibility index (Phi) is 8.73. The molecule has 2 aromatic carbocycles. The maximum absolute atomic E-state index is 15.0. The third-order valence-corrected chi connectivity index (χ3v) is 11.8. The highest BCUT2D eigenvalue weighted by molar-refractivity contribution is 7.92. The SMILES string of the molecule is CCCC(C)(O)C(=O)NC(C)[C@@H]1CC[C@@]2(S(=O)(=O)c3ccc(F)cc3)c3ccc(C(F)(C(F)(F)F)C(F)(F)F)cc3CC[C@@H]12. The van der Waals surface area contributed by atoms with E-state index in [0.717, 1.165) is 30.3 Å². The van der Waals surface area contributed by atoms with Gasteiger partial charge in [-0.25, -0.2) is 17.2 Å². The molecule has 0 aromatic heterocycles. The van der Waals surface area contributed by atoms with Crippen LogP contribution in [0.15, 0.2) is 47.4 Å². The first-order chi connectivity index (χ1) is 20.1. The van der Waals surface area contributed by atoms with Crippen LogP contribution in [-0.2, 0) is 31.5 Å². The van der Waals surface area contributed by atoms with Crippen LogP contribution in [0, 0.1) is 17.7 Å². The van der Waals surface area contributed by atoms with Crippen molar-refractivity contribution in [2.45, 2.75) is 98.6 Å². The van der Waals surface area contributed by atoms with Gasteiger partial charge in [0.1, 0.15) is 16.2 Å². The molecular weight excluding hydrogens is 622 g/mol. The number of amides is 1. The fourth-order valence-electron chi connectivity index (χ4n) is 7.09. The van der Waals surface area contributed by atoms with E-state index in [1.807, 2.05) is 0 Å². The molecule has 4 rings (SSSR count). The summed E-state index contributed by atoms with van der Waals surface area (Å²) in [6.45, 7) is 4.75. The number of benzene rings is 2. The predicted octanol–water partition coefficient (Wildman–Crippen LogP) is 6.81. The average molecular weight is 656 g/mol. The molecular formula is C30H33F8NO4S. The summed E-state index contributed by atoms with van der Waals surface area (Å²) in [5, 5.41) is 13.3. The van der Waals surface area contributed by atoms with Crippen molar-refractivity contribution >= 4 is 15.7 Å². The highest BCUT2D eigenvalue weighted by atomic mass is 32.2. The van der Waals surface area contributed by atoms with E-state index in [9.17, 15) is 53.4 Å². The molecule has 2 aromatic rings. The first-order valence-electron chi connectivity index (χ1n) is 14.1. The molecule has 2 unspecified atom stereocenters. The lowest BCUT2D eigenvalue weighted by molar-refractivity contribution is -0.348. The molecule has 2 aliphatic rings. The summed E-state index contributed by atoms with van der Waals surface area (Å²) in [5.74, 6) is -2.73. The maximum Gasteiger partial charge on any atom is 0.435 e. The van der Waals surface area contributed by atoms with Crippen LogP contribution in [0.1, 0.15) is 69.6 Å². The smallest absolute Gasteiger partial charge is 0.380 e. The molecule has 0 spiro atoms. The second-order valence-electron chi connectivity index (χ2n) is 12.0. The van der Waals surface area contributed by atoms with Crippen LogP contribution in [0.5, 0.6) is 0 Å². The number of sulfone groups is 1. The van der Waals surface area contributed by atoms with E-state index < -0.39 is 73.4 Å². The van der Waals surface area contributed by atoms with Gasteiger partial charge in [-0.15, -0.1) is 0 Å². The lowest BCUT2D eigenvalue weighted by Crippen LogP contribution is -2.52. The number of aryl methyl sites for hydroxylation is 1. The number of nitrogens with one attached hydrogen (secondary N) is 1. The standard InChI is InChI=1S/C30H33F8NO4S/c1-4-14-26(3,41)25(40)39-17(2)22-13-15-27(44(42,43)21-9-7-20(31)8-10-21)23-12-6-19(16-18(23)5-11-24(22)27)28(32,29(33,34)35)30(36,37)38/h6-10,12,16-17,22,24,41H,4-5,11,13-15H2,1-3H3,(H,39,40)/t17?,22-,24-,26?,27+/m0/s1. The van der Waals surface area contributed by atoms with Gasteiger partial charge in [0.2, 0.25) is 0 Å². The monoisotopic (exact) mass is 655 g/mol. The van der Waals surface area contributed by atoms with Gasteiger partial charge in [0, 0.05) is 11.6 Å². The molecule has 0 aliphatic heterocycles. The van der Waals surface area contributed by atoms with Crippen LogP contribution < -0.4 is 5.32 Å². The molecule has 1 fully saturated rings. The van der Waals surface area contributed by atoms with E-state index in [0.29, 0.717) is 18.6 Å². The third-order valence-electron chi connectivity index (χ3n) is 9.26. The number of hydrogen-bond acceptors (Lipinski definition) is 4. The zero-order valence-corrected chi connectivity index (χ0v) is 24.9. The molecule has 1 saturated carbocycles. The van der Waals surface area contributed by atoms with Crippen LogP contribution >= 0.6 is 0 Å². The fourth-order valence-corrected chi connectivity index (χ4v) is 9.57. The van der Waals surface area contributed by atoms with E-state index in [1.165, 1.54) is 6.92 Å². The Hall–Kier alpha value is -2.74. The van der Waals surface area contributed by atoms with Crippen molar-refractivity contribution in [1.82, 2.24) is 5.32 Å². The Bertz CT molecular complexity index is 1490. The molecule has 5 nitrogen and oxygen atoms in total. The van der Waals surface area contributed by atoms with Crippen molar-refractivity contribution in [3.8, 4) is 0 Å². The van der Waals surface area contributed by atoms with Crippen molar-refractivity contribution in [3.63, 3.8) is 0 Å². The van der Waals surface area contributed by atoms with Crippen LogP contribution in [0.3, 0.4) is 0 Å². The van der Waals surface area contributed by atoms with Crippen LogP contribution in [-0.4, -0.2) is 43.4 Å². The zero-order valence-electron chi connectivity index (χ0n) is 24.1. The van der Waals surface area contributed by atoms with Crippen molar-refractivity contribution in [2.24, 2.45) is 11.8 Å². The molecule has 1 amide bonds. The summed E-state index contributed by atoms with van der Waals surface area (Å²) in [5.41, 5.74) is -9.35. The first kappa shape index (κ1) is 34.1. The van der Waals surface area contributed by atoms with E-state index >= 15 is 0 Å². The minimum absolute atomic E-state index is 0.0234. The molecule has 0 heterocycles. The zero-order chi connectivity index (χ0) is 33.1. The van der Waals surface area contributed by atoms with E-state index in [2.05, 4.69) is 5.32 Å². The van der Waals surface area contributed by atoms with Gasteiger partial charge < -0.3 is 10.4 Å². The van der Waals surface area contributed by atoms with Gasteiger partial charge in [0.05, 0.1) is 4.90 Å². The minimum atomic E-state index is -6.35. The predicted molar refractivity (Wildman–Crippen MR) is 144 cm³/mol. The quantitative estimate of drug-likeness (QED) is 0.242. The lowest BCUT2D eigenvalue weighted by atomic mass is 9.71. The highest BCUT2D eigenvalue weighted by Crippen LogP contribution is 2.61. The fraction of sp³-hybridized carbons (Fsp3) is 0.567. The number of halogens is 8. The number of carbonyl (C=O) groups excluding carboxylic acids is 1. The second-order valence-corrected chi connectivity index (χ2v) is 14.2. The molecule has 244 valence electrons. The number of hydrogen-bond donors (Lipinski definition) is 2. The van der Waals surface area contributed by atoms with Gasteiger partial charge >= 0.3 is 18.0 Å². The number of aliphatic hydroxyl groups is 1. The Labute approximate surface area is 250 Å².